The van der Waals surface area contributed by atoms with E-state index in [0.29, 0.717) is 0 Å². The van der Waals surface area contributed by atoms with Crippen LogP contribution in [-0.2, 0) is 9.59 Å². The number of rotatable bonds is 3. The smallest absolute Gasteiger partial charge is 0.0725 e. The number of hydrogen-bond acceptors (Lipinski definition) is 5. The van der Waals surface area contributed by atoms with Crippen molar-refractivity contribution in [2.24, 2.45) is 0 Å². The minimum atomic E-state index is -1.65. The zero-order chi connectivity index (χ0) is 9.14. The van der Waals surface area contributed by atoms with Crippen molar-refractivity contribution in [1.82, 2.24) is 0 Å². The van der Waals surface area contributed by atoms with Crippen molar-refractivity contribution in [1.29, 1.82) is 0 Å². The number of carbonyl (C=O) groups excluding carboxylic acids is 2. The third-order valence-electron chi connectivity index (χ3n) is 1.30. The number of aliphatic carboxylic acids is 2. The fourth-order valence-electron chi connectivity index (χ4n) is 0.784. The second kappa shape index (κ2) is 3.36. The largest absolute Gasteiger partial charge is 0.549 e. The van der Waals surface area contributed by atoms with E-state index in [9.17, 15) is 19.8 Å². The van der Waals surface area contributed by atoms with Crippen molar-refractivity contribution in [2.45, 2.75) is 5.92 Å². The molecule has 0 radical (unpaired) electrons. The third-order valence-corrected chi connectivity index (χ3v) is 2.24. The minimum absolute atomic E-state index is 0.218. The van der Waals surface area contributed by atoms with Gasteiger partial charge < -0.3 is 19.8 Å². The molecule has 0 aliphatic heterocycles. The Morgan fingerprint density at radius 1 is 1.33 bits per heavy atom. The van der Waals surface area contributed by atoms with Gasteiger partial charge in [0.25, 0.3) is 0 Å². The van der Waals surface area contributed by atoms with E-state index >= 15 is 0 Å². The van der Waals surface area contributed by atoms with Crippen molar-refractivity contribution in [3.63, 3.8) is 0 Å². The zero-order valence-corrected chi connectivity index (χ0v) is 6.67. The predicted molar refractivity (Wildman–Crippen MR) is 37.1 cm³/mol. The van der Waals surface area contributed by atoms with Crippen LogP contribution in [-0.4, -0.2) is 11.9 Å². The van der Waals surface area contributed by atoms with E-state index in [1.165, 1.54) is 6.07 Å². The first-order valence-electron chi connectivity index (χ1n) is 3.08. The molecule has 5 heteroatoms. The molecule has 0 N–H and O–H groups in total. The second-order valence-electron chi connectivity index (χ2n) is 2.09. The molecule has 1 aromatic heterocycles. The van der Waals surface area contributed by atoms with Gasteiger partial charge in [0.05, 0.1) is 17.9 Å². The van der Waals surface area contributed by atoms with Crippen LogP contribution in [0.2, 0.25) is 0 Å². The lowest BCUT2D eigenvalue weighted by molar-refractivity contribution is -0.325. The first-order chi connectivity index (χ1) is 5.63. The summed E-state index contributed by atoms with van der Waals surface area (Å²) in [5.41, 5.74) is 0. The number of thiophene rings is 1. The van der Waals surface area contributed by atoms with Crippen LogP contribution in [0, 0.1) is 0 Å². The summed E-state index contributed by atoms with van der Waals surface area (Å²) in [6.07, 6.45) is 0. The molecule has 64 valence electrons. The summed E-state index contributed by atoms with van der Waals surface area (Å²) in [6.45, 7) is 0. The van der Waals surface area contributed by atoms with Gasteiger partial charge in [-0.1, -0.05) is 6.07 Å². The van der Waals surface area contributed by atoms with Crippen molar-refractivity contribution < 1.29 is 19.8 Å². The molecule has 0 bridgehead atoms. The van der Waals surface area contributed by atoms with E-state index in [1.54, 1.807) is 11.4 Å². The molecule has 0 atom stereocenters. The fourth-order valence-corrected chi connectivity index (χ4v) is 1.58. The molecule has 0 saturated heterocycles. The van der Waals surface area contributed by atoms with Crippen LogP contribution in [0.25, 0.3) is 0 Å². The average molecular weight is 184 g/mol. The highest BCUT2D eigenvalue weighted by atomic mass is 32.1. The van der Waals surface area contributed by atoms with Crippen LogP contribution in [0.5, 0.6) is 0 Å². The van der Waals surface area contributed by atoms with E-state index in [4.69, 9.17) is 0 Å². The molecule has 0 amide bonds. The van der Waals surface area contributed by atoms with Crippen LogP contribution in [0.4, 0.5) is 0 Å². The van der Waals surface area contributed by atoms with Gasteiger partial charge in [-0.15, -0.1) is 11.3 Å². The summed E-state index contributed by atoms with van der Waals surface area (Å²) in [7, 11) is 0. The number of carboxylic acids is 2. The molecule has 0 saturated carbocycles. The highest BCUT2D eigenvalue weighted by molar-refractivity contribution is 7.10. The molecule has 0 aromatic carbocycles. The molecular formula is C7H4O4S-2. The molecule has 1 rings (SSSR count). The maximum absolute atomic E-state index is 10.3. The summed E-state index contributed by atoms with van der Waals surface area (Å²) in [6, 6.07) is 2.99. The molecule has 0 spiro atoms. The predicted octanol–water partition coefficient (Wildman–Crippen LogP) is -1.67. The summed E-state index contributed by atoms with van der Waals surface area (Å²) in [5, 5.41) is 22.2. The zero-order valence-electron chi connectivity index (χ0n) is 5.85. The van der Waals surface area contributed by atoms with E-state index in [1.807, 2.05) is 0 Å². The molecule has 0 unspecified atom stereocenters. The Morgan fingerprint density at radius 2 is 1.92 bits per heavy atom. The normalized spacial score (nSPS) is 10.1. The molecule has 0 fully saturated rings. The lowest BCUT2D eigenvalue weighted by atomic mass is 10.1. The van der Waals surface area contributed by atoms with E-state index in [-0.39, 0.29) is 4.88 Å². The standard InChI is InChI=1S/C7H6O4S/c8-6(9)5(7(10)11)4-2-1-3-12-4/h1-3,5H,(H,8,9)(H,10,11)/p-2. The Kier molecular flexibility index (Phi) is 2.44. The van der Waals surface area contributed by atoms with Gasteiger partial charge in [0.2, 0.25) is 0 Å². The van der Waals surface area contributed by atoms with Gasteiger partial charge in [-0.3, -0.25) is 0 Å². The van der Waals surface area contributed by atoms with E-state index < -0.39 is 17.9 Å². The second-order valence-corrected chi connectivity index (χ2v) is 3.07. The molecule has 0 aliphatic rings. The van der Waals surface area contributed by atoms with Gasteiger partial charge >= 0.3 is 0 Å². The maximum Gasteiger partial charge on any atom is 0.0725 e. The first kappa shape index (κ1) is 8.73. The Bertz CT molecular complexity index is 276. The highest BCUT2D eigenvalue weighted by Gasteiger charge is 2.14. The minimum Gasteiger partial charge on any atom is -0.549 e. The first-order valence-corrected chi connectivity index (χ1v) is 3.96. The number of carbonyl (C=O) groups is 2. The molecule has 1 heterocycles. The Hall–Kier alpha value is -1.36. The average Bonchev–Trinajstić information content (AvgIpc) is 2.37. The summed E-state index contributed by atoms with van der Waals surface area (Å²) in [4.78, 5) is 20.8. The molecule has 1 aromatic rings. The maximum atomic E-state index is 10.3. The Labute approximate surface area is 72.1 Å². The monoisotopic (exact) mass is 184 g/mol. The molecule has 0 aliphatic carbocycles. The van der Waals surface area contributed by atoms with Gasteiger partial charge in [-0.25, -0.2) is 0 Å². The van der Waals surface area contributed by atoms with Gasteiger partial charge in [0.1, 0.15) is 0 Å². The topological polar surface area (TPSA) is 80.3 Å². The fraction of sp³-hybridized carbons (Fsp3) is 0.143. The van der Waals surface area contributed by atoms with Crippen LogP contribution in [0.3, 0.4) is 0 Å². The van der Waals surface area contributed by atoms with Gasteiger partial charge in [0.15, 0.2) is 0 Å². The van der Waals surface area contributed by atoms with Crippen LogP contribution >= 0.6 is 11.3 Å². The van der Waals surface area contributed by atoms with Gasteiger partial charge in [-0.05, 0) is 11.4 Å². The van der Waals surface area contributed by atoms with Gasteiger partial charge in [0, 0.05) is 4.88 Å². The molecule has 4 nitrogen and oxygen atoms in total. The summed E-state index contributed by atoms with van der Waals surface area (Å²) < 4.78 is 0. The van der Waals surface area contributed by atoms with Crippen molar-refractivity contribution in [2.75, 3.05) is 0 Å². The van der Waals surface area contributed by atoms with E-state index in [2.05, 4.69) is 0 Å². The van der Waals surface area contributed by atoms with Crippen LogP contribution in [0.15, 0.2) is 17.5 Å². The van der Waals surface area contributed by atoms with E-state index in [0.717, 1.165) is 11.3 Å². The SMILES string of the molecule is O=C([O-])C(C(=O)[O-])c1cccs1. The summed E-state index contributed by atoms with van der Waals surface area (Å²) >= 11 is 1.05. The Morgan fingerprint density at radius 3 is 2.25 bits per heavy atom. The van der Waals surface area contributed by atoms with Crippen molar-refractivity contribution in [3.8, 4) is 0 Å². The lowest BCUT2D eigenvalue weighted by Gasteiger charge is -2.16. The highest BCUT2D eigenvalue weighted by Crippen LogP contribution is 2.19. The Balaban J connectivity index is 2.96. The van der Waals surface area contributed by atoms with Crippen LogP contribution < -0.4 is 10.2 Å². The third kappa shape index (κ3) is 1.62. The quantitative estimate of drug-likeness (QED) is 0.526. The molecular weight excluding hydrogens is 180 g/mol. The van der Waals surface area contributed by atoms with Crippen molar-refractivity contribution >= 4 is 23.3 Å². The van der Waals surface area contributed by atoms with Crippen molar-refractivity contribution in [3.05, 3.63) is 22.4 Å². The van der Waals surface area contributed by atoms with Crippen LogP contribution in [0.1, 0.15) is 10.8 Å². The number of carboxylic acid groups (broad SMARTS) is 2. The lowest BCUT2D eigenvalue weighted by Crippen LogP contribution is -2.41. The summed E-state index contributed by atoms with van der Waals surface area (Å²) in [5.74, 6) is -4.93. The van der Waals surface area contributed by atoms with Gasteiger partial charge in [-0.2, -0.15) is 0 Å². The molecule has 12 heavy (non-hydrogen) atoms. The number of hydrogen-bond donors (Lipinski definition) is 0.